The molecule has 1 aliphatic rings. The summed E-state index contributed by atoms with van der Waals surface area (Å²) in [6, 6.07) is 25.4. The first-order valence-corrected chi connectivity index (χ1v) is 12.7. The maximum absolute atomic E-state index is 13.4. The molecule has 0 bridgehead atoms. The molecule has 7 heteroatoms. The summed E-state index contributed by atoms with van der Waals surface area (Å²) in [5.74, 6) is 1.33. The van der Waals surface area contributed by atoms with Gasteiger partial charge in [0.1, 0.15) is 24.5 Å². The zero-order valence-electron chi connectivity index (χ0n) is 20.6. The molecule has 1 saturated carbocycles. The predicted molar refractivity (Wildman–Crippen MR) is 146 cm³/mol. The van der Waals surface area contributed by atoms with Gasteiger partial charge in [0.25, 0.3) is 5.91 Å². The Morgan fingerprint density at radius 3 is 2.54 bits per heavy atom. The largest absolute Gasteiger partial charge is 0.489 e. The van der Waals surface area contributed by atoms with E-state index in [2.05, 4.69) is 20.6 Å². The first-order chi connectivity index (χ1) is 18.2. The minimum atomic E-state index is -0.115. The van der Waals surface area contributed by atoms with E-state index < -0.39 is 0 Å². The van der Waals surface area contributed by atoms with E-state index in [1.807, 2.05) is 72.8 Å². The van der Waals surface area contributed by atoms with Crippen molar-refractivity contribution in [2.75, 3.05) is 5.32 Å². The second-order valence-corrected chi connectivity index (χ2v) is 9.31. The molecule has 4 N–H and O–H groups in total. The number of carbonyl (C=O) groups is 1. The number of anilines is 2. The van der Waals surface area contributed by atoms with Crippen molar-refractivity contribution in [2.45, 2.75) is 44.4 Å². The van der Waals surface area contributed by atoms with Crippen LogP contribution in [0.5, 0.6) is 5.75 Å². The summed E-state index contributed by atoms with van der Waals surface area (Å²) in [5.41, 5.74) is 10.6. The number of hydrogen-bond acceptors (Lipinski definition) is 6. The van der Waals surface area contributed by atoms with E-state index in [4.69, 9.17) is 10.5 Å². The van der Waals surface area contributed by atoms with Crippen LogP contribution in [0.15, 0.2) is 91.4 Å². The van der Waals surface area contributed by atoms with Crippen LogP contribution < -0.4 is 21.1 Å². The minimum absolute atomic E-state index is 0.0123. The lowest BCUT2D eigenvalue weighted by molar-refractivity contribution is 0.0922. The zero-order valence-corrected chi connectivity index (χ0v) is 20.6. The van der Waals surface area contributed by atoms with Gasteiger partial charge in [-0.15, -0.1) is 0 Å². The Kier molecular flexibility index (Phi) is 7.72. The van der Waals surface area contributed by atoms with Gasteiger partial charge >= 0.3 is 0 Å². The highest BCUT2D eigenvalue weighted by Crippen LogP contribution is 2.30. The van der Waals surface area contributed by atoms with Crippen molar-refractivity contribution in [3.05, 3.63) is 103 Å². The monoisotopic (exact) mass is 493 g/mol. The summed E-state index contributed by atoms with van der Waals surface area (Å²) >= 11 is 0. The van der Waals surface area contributed by atoms with Crippen LogP contribution in [0.1, 0.15) is 41.6 Å². The average Bonchev–Trinajstić information content (AvgIpc) is 2.94. The van der Waals surface area contributed by atoms with Gasteiger partial charge in [0.05, 0.1) is 0 Å². The maximum Gasteiger partial charge on any atom is 0.252 e. The van der Waals surface area contributed by atoms with E-state index in [-0.39, 0.29) is 18.0 Å². The van der Waals surface area contributed by atoms with E-state index in [0.29, 0.717) is 18.0 Å². The molecule has 2 atom stereocenters. The van der Waals surface area contributed by atoms with Crippen molar-refractivity contribution >= 4 is 17.4 Å². The summed E-state index contributed by atoms with van der Waals surface area (Å²) in [6.07, 6.45) is 7.21. The molecule has 7 nitrogen and oxygen atoms in total. The lowest BCUT2D eigenvalue weighted by Crippen LogP contribution is -2.49. The predicted octanol–water partition coefficient (Wildman–Crippen LogP) is 5.47. The van der Waals surface area contributed by atoms with E-state index >= 15 is 0 Å². The standard InChI is InChI=1S/C30H31N5O2/c31-27-8-4-5-9-28(27)35-30(36)25-15-12-23(34-29-16-17-32-20-33-29)18-26(25)22-10-13-24(14-11-22)37-19-21-6-2-1-3-7-21/h1-3,6-7,10-18,20,27-28H,4-5,8-9,19,31H2,(H,35,36)(H,32,33,34)/t27-,28?/m0/s1. The van der Waals surface area contributed by atoms with Gasteiger partial charge in [-0.05, 0) is 65.9 Å². The molecule has 1 heterocycles. The third-order valence-electron chi connectivity index (χ3n) is 6.67. The Morgan fingerprint density at radius 2 is 1.78 bits per heavy atom. The van der Waals surface area contributed by atoms with Crippen molar-refractivity contribution in [3.8, 4) is 16.9 Å². The summed E-state index contributed by atoms with van der Waals surface area (Å²) < 4.78 is 5.96. The van der Waals surface area contributed by atoms with Gasteiger partial charge < -0.3 is 21.1 Å². The number of nitrogens with zero attached hydrogens (tertiary/aromatic N) is 2. The summed E-state index contributed by atoms with van der Waals surface area (Å²) in [4.78, 5) is 21.6. The van der Waals surface area contributed by atoms with Crippen molar-refractivity contribution in [2.24, 2.45) is 5.73 Å². The number of nitrogens with one attached hydrogen (secondary N) is 2. The summed E-state index contributed by atoms with van der Waals surface area (Å²) in [7, 11) is 0. The molecular formula is C30H31N5O2. The molecular weight excluding hydrogens is 462 g/mol. The Labute approximate surface area is 217 Å². The number of hydrogen-bond donors (Lipinski definition) is 3. The van der Waals surface area contributed by atoms with E-state index in [1.165, 1.54) is 6.33 Å². The Balaban J connectivity index is 1.40. The topological polar surface area (TPSA) is 102 Å². The van der Waals surface area contributed by atoms with Gasteiger partial charge in [0.2, 0.25) is 0 Å². The smallest absolute Gasteiger partial charge is 0.252 e. The minimum Gasteiger partial charge on any atom is -0.489 e. The SMILES string of the molecule is N[C@H]1CCCCC1NC(=O)c1ccc(Nc2ccncn2)cc1-c1ccc(OCc2ccccc2)cc1. The normalized spacial score (nSPS) is 17.1. The van der Waals surface area contributed by atoms with Gasteiger partial charge in [-0.3, -0.25) is 4.79 Å². The van der Waals surface area contributed by atoms with Crippen LogP contribution in [-0.2, 0) is 6.61 Å². The van der Waals surface area contributed by atoms with Gasteiger partial charge in [0.15, 0.2) is 0 Å². The van der Waals surface area contributed by atoms with Gasteiger partial charge in [-0.2, -0.15) is 0 Å². The maximum atomic E-state index is 13.4. The molecule has 0 spiro atoms. The van der Waals surface area contributed by atoms with E-state index in [0.717, 1.165) is 53.8 Å². The molecule has 0 radical (unpaired) electrons. The number of carbonyl (C=O) groups excluding carboxylic acids is 1. The third-order valence-corrected chi connectivity index (χ3v) is 6.67. The van der Waals surface area contributed by atoms with Crippen molar-refractivity contribution < 1.29 is 9.53 Å². The molecule has 0 aliphatic heterocycles. The second-order valence-electron chi connectivity index (χ2n) is 9.31. The molecule has 1 unspecified atom stereocenters. The number of nitrogens with two attached hydrogens (primary N) is 1. The highest BCUT2D eigenvalue weighted by molar-refractivity contribution is 6.02. The Morgan fingerprint density at radius 1 is 0.973 bits per heavy atom. The second kappa shape index (κ2) is 11.7. The van der Waals surface area contributed by atoms with Crippen LogP contribution in [0.4, 0.5) is 11.5 Å². The fraction of sp³-hybridized carbons (Fsp3) is 0.233. The zero-order chi connectivity index (χ0) is 25.5. The number of amides is 1. The first-order valence-electron chi connectivity index (χ1n) is 12.7. The molecule has 0 saturated heterocycles. The molecule has 188 valence electrons. The third kappa shape index (κ3) is 6.32. The van der Waals surface area contributed by atoms with E-state index in [9.17, 15) is 4.79 Å². The van der Waals surface area contributed by atoms with Crippen LogP contribution in [0.2, 0.25) is 0 Å². The molecule has 37 heavy (non-hydrogen) atoms. The highest BCUT2D eigenvalue weighted by atomic mass is 16.5. The number of rotatable bonds is 8. The van der Waals surface area contributed by atoms with Gasteiger partial charge in [-0.1, -0.05) is 55.3 Å². The first kappa shape index (κ1) is 24.5. The Bertz CT molecular complexity index is 1310. The lowest BCUT2D eigenvalue weighted by atomic mass is 9.90. The van der Waals surface area contributed by atoms with Crippen LogP contribution in [0.3, 0.4) is 0 Å². The molecule has 1 aliphatic carbocycles. The molecule has 4 aromatic rings. The summed E-state index contributed by atoms with van der Waals surface area (Å²) in [5, 5.41) is 6.48. The number of benzene rings is 3. The number of ether oxygens (including phenoxy) is 1. The van der Waals surface area contributed by atoms with Crippen LogP contribution >= 0.6 is 0 Å². The summed E-state index contributed by atoms with van der Waals surface area (Å²) in [6.45, 7) is 0.494. The lowest BCUT2D eigenvalue weighted by Gasteiger charge is -2.29. The molecule has 3 aromatic carbocycles. The molecule has 1 fully saturated rings. The fourth-order valence-corrected chi connectivity index (χ4v) is 4.63. The fourth-order valence-electron chi connectivity index (χ4n) is 4.63. The quantitative estimate of drug-likeness (QED) is 0.301. The molecule has 5 rings (SSSR count). The van der Waals surface area contributed by atoms with Crippen LogP contribution in [-0.4, -0.2) is 28.0 Å². The van der Waals surface area contributed by atoms with Crippen molar-refractivity contribution in [3.63, 3.8) is 0 Å². The van der Waals surface area contributed by atoms with Crippen molar-refractivity contribution in [1.29, 1.82) is 0 Å². The number of aromatic nitrogens is 2. The van der Waals surface area contributed by atoms with Crippen molar-refractivity contribution in [1.82, 2.24) is 15.3 Å². The average molecular weight is 494 g/mol. The van der Waals surface area contributed by atoms with E-state index in [1.54, 1.807) is 12.3 Å². The molecule has 1 amide bonds. The van der Waals surface area contributed by atoms with Gasteiger partial charge in [-0.25, -0.2) is 9.97 Å². The van der Waals surface area contributed by atoms with Crippen LogP contribution in [0, 0.1) is 0 Å². The molecule has 1 aromatic heterocycles. The highest BCUT2D eigenvalue weighted by Gasteiger charge is 2.25. The van der Waals surface area contributed by atoms with Gasteiger partial charge in [0, 0.05) is 29.5 Å². The Hall–Kier alpha value is -4.23. The van der Waals surface area contributed by atoms with Crippen LogP contribution in [0.25, 0.3) is 11.1 Å².